The highest BCUT2D eigenvalue weighted by atomic mass is 16.5. The van der Waals surface area contributed by atoms with E-state index in [0.717, 1.165) is 34.6 Å². The second kappa shape index (κ2) is 9.44. The van der Waals surface area contributed by atoms with Gasteiger partial charge in [0, 0.05) is 30.8 Å². The van der Waals surface area contributed by atoms with E-state index in [-0.39, 0.29) is 17.9 Å². The third kappa shape index (κ3) is 4.89. The zero-order chi connectivity index (χ0) is 24.7. The summed E-state index contributed by atoms with van der Waals surface area (Å²) >= 11 is 0. The molecule has 35 heavy (non-hydrogen) atoms. The molecule has 3 aliphatic rings. The lowest BCUT2D eigenvalue weighted by molar-refractivity contribution is -0.130. The van der Waals surface area contributed by atoms with E-state index in [9.17, 15) is 9.90 Å². The maximum absolute atomic E-state index is 13.2. The Kier molecular flexibility index (Phi) is 6.49. The van der Waals surface area contributed by atoms with Crippen LogP contribution < -0.4 is 10.1 Å². The number of ether oxygens (including phenoxy) is 1. The molecule has 3 atom stereocenters. The van der Waals surface area contributed by atoms with Crippen LogP contribution in [0, 0.1) is 18.8 Å². The molecule has 0 bridgehead atoms. The summed E-state index contributed by atoms with van der Waals surface area (Å²) in [6.07, 6.45) is 9.34. The number of fused-ring (bicyclic) bond motifs is 1. The molecular weight excluding hydrogens is 436 g/mol. The van der Waals surface area contributed by atoms with Gasteiger partial charge in [0.2, 0.25) is 5.91 Å². The number of likely N-dealkylation sites (N-methyl/N-ethyl adjacent to an activating group) is 1. The summed E-state index contributed by atoms with van der Waals surface area (Å²) in [7, 11) is 1.84. The first-order valence-corrected chi connectivity index (χ1v) is 13.1. The van der Waals surface area contributed by atoms with Crippen LogP contribution in [0.15, 0.2) is 48.7 Å². The van der Waals surface area contributed by atoms with E-state index in [1.165, 1.54) is 37.7 Å². The summed E-state index contributed by atoms with van der Waals surface area (Å²) in [5.74, 6) is 2.38. The lowest BCUT2D eigenvalue weighted by atomic mass is 9.78. The van der Waals surface area contributed by atoms with Crippen molar-refractivity contribution in [2.24, 2.45) is 11.8 Å². The molecule has 1 aliphatic carbocycles. The fraction of sp³-hybridized carbons (Fsp3) is 0.500. The van der Waals surface area contributed by atoms with Crippen molar-refractivity contribution in [1.29, 1.82) is 0 Å². The first-order chi connectivity index (χ1) is 16.7. The molecule has 186 valence electrons. The van der Waals surface area contributed by atoms with Crippen LogP contribution in [-0.4, -0.2) is 35.0 Å². The molecule has 5 heteroatoms. The highest BCUT2D eigenvalue weighted by Gasteiger charge is 2.46. The van der Waals surface area contributed by atoms with Crippen LogP contribution in [0.25, 0.3) is 5.57 Å². The number of hydrogen-bond acceptors (Lipinski definition) is 4. The molecule has 2 aromatic carbocycles. The van der Waals surface area contributed by atoms with Crippen molar-refractivity contribution in [3.05, 3.63) is 65.4 Å². The van der Waals surface area contributed by atoms with Gasteiger partial charge >= 0.3 is 0 Å². The van der Waals surface area contributed by atoms with Gasteiger partial charge in [-0.05, 0) is 81.4 Å². The Balaban J connectivity index is 1.54. The van der Waals surface area contributed by atoms with Gasteiger partial charge in [0.25, 0.3) is 0 Å². The Hall–Kier alpha value is -2.63. The van der Waals surface area contributed by atoms with Crippen LogP contribution in [0.5, 0.6) is 11.5 Å². The molecule has 1 saturated heterocycles. The third-order valence-corrected chi connectivity index (χ3v) is 8.11. The second-order valence-electron chi connectivity index (χ2n) is 11.2. The fourth-order valence-electron chi connectivity index (χ4n) is 6.05. The van der Waals surface area contributed by atoms with Gasteiger partial charge < -0.3 is 20.1 Å². The maximum Gasteiger partial charge on any atom is 0.244 e. The number of benzene rings is 2. The van der Waals surface area contributed by atoms with E-state index < -0.39 is 5.60 Å². The highest BCUT2D eigenvalue weighted by molar-refractivity contribution is 5.92. The minimum atomic E-state index is -0.980. The van der Waals surface area contributed by atoms with E-state index in [0.29, 0.717) is 12.0 Å². The molecule has 5 nitrogen and oxygen atoms in total. The highest BCUT2D eigenvalue weighted by Crippen LogP contribution is 2.45. The molecule has 2 heterocycles. The number of carbonyl (C=O) groups excluding carboxylic acids is 1. The monoisotopic (exact) mass is 474 g/mol. The standard InChI is InChI=1S/C30H38N2O3/c1-19-10-13-22(14-11-19)35-27-15-12-21(30(2,3)34)16-23(27)25-18-32(4)29(33)28-24(25)17-26(31-28)20-8-6-5-7-9-20/h10-16,18,20,24,26,28,31,34H,5-9,17H2,1-4H3. The number of aryl methyl sites for hydroxylation is 1. The van der Waals surface area contributed by atoms with Crippen molar-refractivity contribution in [3.63, 3.8) is 0 Å². The summed E-state index contributed by atoms with van der Waals surface area (Å²) in [5, 5.41) is 14.5. The van der Waals surface area contributed by atoms with Crippen LogP contribution >= 0.6 is 0 Å². The minimum Gasteiger partial charge on any atom is -0.457 e. The van der Waals surface area contributed by atoms with Crippen LogP contribution in [0.4, 0.5) is 0 Å². The Labute approximate surface area is 209 Å². The molecule has 0 radical (unpaired) electrons. The normalized spacial score (nSPS) is 25.4. The van der Waals surface area contributed by atoms with E-state index >= 15 is 0 Å². The first kappa shape index (κ1) is 24.1. The fourth-order valence-corrected chi connectivity index (χ4v) is 6.05. The van der Waals surface area contributed by atoms with Crippen LogP contribution in [0.2, 0.25) is 0 Å². The van der Waals surface area contributed by atoms with E-state index in [2.05, 4.69) is 12.2 Å². The van der Waals surface area contributed by atoms with Gasteiger partial charge in [-0.2, -0.15) is 0 Å². The van der Waals surface area contributed by atoms with Crippen molar-refractivity contribution in [3.8, 4) is 11.5 Å². The van der Waals surface area contributed by atoms with E-state index in [4.69, 9.17) is 4.74 Å². The van der Waals surface area contributed by atoms with Gasteiger partial charge in [0.15, 0.2) is 0 Å². The number of amides is 1. The number of aliphatic hydroxyl groups is 1. The topological polar surface area (TPSA) is 61.8 Å². The van der Waals surface area contributed by atoms with Gasteiger partial charge in [0.1, 0.15) is 11.5 Å². The predicted octanol–water partition coefficient (Wildman–Crippen LogP) is 5.75. The summed E-state index contributed by atoms with van der Waals surface area (Å²) < 4.78 is 6.39. The molecule has 0 aromatic heterocycles. The molecule has 1 saturated carbocycles. The predicted molar refractivity (Wildman–Crippen MR) is 139 cm³/mol. The minimum absolute atomic E-state index is 0.0862. The van der Waals surface area contributed by atoms with Gasteiger partial charge in [-0.25, -0.2) is 0 Å². The van der Waals surface area contributed by atoms with E-state index in [1.807, 2.05) is 55.7 Å². The van der Waals surface area contributed by atoms with Crippen molar-refractivity contribution in [1.82, 2.24) is 10.2 Å². The van der Waals surface area contributed by atoms with E-state index in [1.54, 1.807) is 18.7 Å². The number of carbonyl (C=O) groups is 1. The zero-order valence-corrected chi connectivity index (χ0v) is 21.4. The van der Waals surface area contributed by atoms with Gasteiger partial charge in [-0.15, -0.1) is 0 Å². The maximum atomic E-state index is 13.2. The molecule has 2 fully saturated rings. The average molecular weight is 475 g/mol. The van der Waals surface area contributed by atoms with Crippen molar-refractivity contribution >= 4 is 11.5 Å². The van der Waals surface area contributed by atoms with Gasteiger partial charge in [0.05, 0.1) is 11.6 Å². The molecule has 0 spiro atoms. The lowest BCUT2D eigenvalue weighted by Gasteiger charge is -2.32. The Morgan fingerprint density at radius 3 is 2.46 bits per heavy atom. The molecule has 2 N–H and O–H groups in total. The Bertz CT molecular complexity index is 1110. The number of nitrogens with zero attached hydrogens (tertiary/aromatic N) is 1. The molecule has 1 amide bonds. The molecular formula is C30H38N2O3. The number of nitrogens with one attached hydrogen (secondary N) is 1. The molecule has 2 aliphatic heterocycles. The second-order valence-corrected chi connectivity index (χ2v) is 11.2. The summed E-state index contributed by atoms with van der Waals surface area (Å²) in [6.45, 7) is 5.66. The third-order valence-electron chi connectivity index (χ3n) is 8.11. The molecule has 2 aromatic rings. The smallest absolute Gasteiger partial charge is 0.244 e. The van der Waals surface area contributed by atoms with Crippen molar-refractivity contribution in [2.75, 3.05) is 7.05 Å². The van der Waals surface area contributed by atoms with Crippen LogP contribution in [-0.2, 0) is 10.4 Å². The summed E-state index contributed by atoms with van der Waals surface area (Å²) in [4.78, 5) is 14.9. The van der Waals surface area contributed by atoms with Crippen molar-refractivity contribution in [2.45, 2.75) is 77.0 Å². The Morgan fingerprint density at radius 1 is 1.06 bits per heavy atom. The quantitative estimate of drug-likeness (QED) is 0.579. The van der Waals surface area contributed by atoms with Gasteiger partial charge in [-0.3, -0.25) is 4.79 Å². The largest absolute Gasteiger partial charge is 0.457 e. The molecule has 3 unspecified atom stereocenters. The SMILES string of the molecule is Cc1ccc(Oc2ccc(C(C)(C)O)cc2C2=CN(C)C(=O)C3NC(C4CCCCC4)CC23)cc1. The van der Waals surface area contributed by atoms with Crippen LogP contribution in [0.1, 0.15) is 69.1 Å². The number of rotatable bonds is 5. The van der Waals surface area contributed by atoms with Crippen molar-refractivity contribution < 1.29 is 14.6 Å². The lowest BCUT2D eigenvalue weighted by Crippen LogP contribution is -2.48. The summed E-state index contributed by atoms with van der Waals surface area (Å²) in [6, 6.07) is 14.1. The zero-order valence-electron chi connectivity index (χ0n) is 21.4. The average Bonchev–Trinajstić information content (AvgIpc) is 3.29. The first-order valence-electron chi connectivity index (χ1n) is 13.1. The van der Waals surface area contributed by atoms with Gasteiger partial charge in [-0.1, -0.05) is 43.0 Å². The Morgan fingerprint density at radius 2 is 1.77 bits per heavy atom. The van der Waals surface area contributed by atoms with Crippen LogP contribution in [0.3, 0.4) is 0 Å². The summed E-state index contributed by atoms with van der Waals surface area (Å²) in [5.41, 5.74) is 3.09. The molecule has 5 rings (SSSR count). The number of hydrogen-bond donors (Lipinski definition) is 2.